The summed E-state index contributed by atoms with van der Waals surface area (Å²) in [6, 6.07) is 9.80. The van der Waals surface area contributed by atoms with E-state index in [0.717, 1.165) is 6.07 Å². The topological polar surface area (TPSA) is 66.9 Å². The van der Waals surface area contributed by atoms with Gasteiger partial charge in [-0.2, -0.15) is 0 Å². The Bertz CT molecular complexity index is 946. The molecule has 3 aromatic rings. The van der Waals surface area contributed by atoms with E-state index < -0.39 is 34.9 Å². The minimum Gasteiger partial charge on any atom is -0.339 e. The van der Waals surface area contributed by atoms with Gasteiger partial charge in [-0.15, -0.1) is 10.2 Å². The summed E-state index contributed by atoms with van der Waals surface area (Å²) in [5.74, 6) is -5.52. The largest absolute Gasteiger partial charge is 0.339 e. The third kappa shape index (κ3) is 3.77. The van der Waals surface area contributed by atoms with Gasteiger partial charge in [0.15, 0.2) is 29.0 Å². The highest BCUT2D eigenvalue weighted by Crippen LogP contribution is 2.20. The van der Waals surface area contributed by atoms with Gasteiger partial charge in [-0.25, -0.2) is 17.6 Å². The van der Waals surface area contributed by atoms with E-state index in [1.54, 1.807) is 0 Å². The Hall–Kier alpha value is -3.49. The Balaban J connectivity index is 1.71. The van der Waals surface area contributed by atoms with Gasteiger partial charge in [0.2, 0.25) is 0 Å². The van der Waals surface area contributed by atoms with Crippen molar-refractivity contribution in [2.75, 3.05) is 10.6 Å². The zero-order chi connectivity index (χ0) is 18.7. The predicted octanol–water partition coefficient (Wildman–Crippen LogP) is 4.03. The number of amides is 1. The zero-order valence-corrected chi connectivity index (χ0v) is 12.9. The van der Waals surface area contributed by atoms with Crippen LogP contribution < -0.4 is 10.6 Å². The minimum absolute atomic E-state index is 0.168. The Labute approximate surface area is 144 Å². The molecule has 132 valence electrons. The first-order chi connectivity index (χ1) is 12.4. The van der Waals surface area contributed by atoms with E-state index in [-0.39, 0.29) is 11.5 Å². The van der Waals surface area contributed by atoms with Crippen LogP contribution in [0.25, 0.3) is 0 Å². The van der Waals surface area contributed by atoms with E-state index in [2.05, 4.69) is 20.8 Å². The van der Waals surface area contributed by atoms with Crippen LogP contribution in [-0.4, -0.2) is 16.1 Å². The lowest BCUT2D eigenvalue weighted by Crippen LogP contribution is -2.16. The quantitative estimate of drug-likeness (QED) is 0.543. The molecule has 0 atom stereocenters. The molecule has 1 heterocycles. The third-order valence-electron chi connectivity index (χ3n) is 3.30. The van der Waals surface area contributed by atoms with Crippen LogP contribution in [0.1, 0.15) is 10.5 Å². The van der Waals surface area contributed by atoms with E-state index in [1.165, 1.54) is 36.4 Å². The molecule has 0 bridgehead atoms. The predicted molar refractivity (Wildman–Crippen MR) is 86.0 cm³/mol. The number of nitrogens with zero attached hydrogens (tertiary/aromatic N) is 2. The SMILES string of the molecule is O=C(Nc1ccc(F)c(F)c1F)c1ccc(Nc2ccc(F)cc2)nn1. The fourth-order valence-corrected chi connectivity index (χ4v) is 2.01. The molecule has 0 fully saturated rings. The molecule has 0 saturated heterocycles. The lowest BCUT2D eigenvalue weighted by molar-refractivity contribution is 0.102. The maximum Gasteiger partial charge on any atom is 0.276 e. The number of benzene rings is 2. The molecular weight excluding hydrogens is 352 g/mol. The Morgan fingerprint density at radius 2 is 1.54 bits per heavy atom. The molecule has 1 amide bonds. The van der Waals surface area contributed by atoms with Gasteiger partial charge in [0, 0.05) is 5.69 Å². The van der Waals surface area contributed by atoms with Crippen LogP contribution in [0.5, 0.6) is 0 Å². The van der Waals surface area contributed by atoms with Crippen LogP contribution >= 0.6 is 0 Å². The van der Waals surface area contributed by atoms with E-state index >= 15 is 0 Å². The van der Waals surface area contributed by atoms with Crippen molar-refractivity contribution in [2.24, 2.45) is 0 Å². The first kappa shape index (κ1) is 17.3. The molecule has 2 N–H and O–H groups in total. The molecule has 0 aliphatic rings. The summed E-state index contributed by atoms with van der Waals surface area (Å²) in [6.45, 7) is 0. The molecule has 0 radical (unpaired) electrons. The van der Waals surface area contributed by atoms with Gasteiger partial charge in [0.1, 0.15) is 5.82 Å². The molecule has 0 saturated carbocycles. The highest BCUT2D eigenvalue weighted by molar-refractivity contribution is 6.02. The fraction of sp³-hybridized carbons (Fsp3) is 0. The minimum atomic E-state index is -1.69. The van der Waals surface area contributed by atoms with Crippen LogP contribution in [0.4, 0.5) is 34.8 Å². The zero-order valence-electron chi connectivity index (χ0n) is 12.9. The number of carbonyl (C=O) groups is 1. The molecule has 3 rings (SSSR count). The molecule has 9 heteroatoms. The van der Waals surface area contributed by atoms with Crippen molar-refractivity contribution in [2.45, 2.75) is 0 Å². The lowest BCUT2D eigenvalue weighted by atomic mass is 10.2. The normalized spacial score (nSPS) is 10.5. The van der Waals surface area contributed by atoms with Crippen LogP contribution in [0.15, 0.2) is 48.5 Å². The summed E-state index contributed by atoms with van der Waals surface area (Å²) < 4.78 is 52.5. The molecule has 26 heavy (non-hydrogen) atoms. The lowest BCUT2D eigenvalue weighted by Gasteiger charge is -2.08. The summed E-state index contributed by atoms with van der Waals surface area (Å²) >= 11 is 0. The fourth-order valence-electron chi connectivity index (χ4n) is 2.01. The molecule has 0 aliphatic carbocycles. The van der Waals surface area contributed by atoms with Gasteiger partial charge in [-0.05, 0) is 48.5 Å². The highest BCUT2D eigenvalue weighted by atomic mass is 19.2. The Kier molecular flexibility index (Phi) is 4.78. The maximum absolute atomic E-state index is 13.6. The van der Waals surface area contributed by atoms with E-state index in [4.69, 9.17) is 0 Å². The number of carbonyl (C=O) groups excluding carboxylic acids is 1. The third-order valence-corrected chi connectivity index (χ3v) is 3.30. The van der Waals surface area contributed by atoms with Crippen molar-refractivity contribution >= 4 is 23.1 Å². The monoisotopic (exact) mass is 362 g/mol. The second-order valence-electron chi connectivity index (χ2n) is 5.11. The number of hydrogen-bond acceptors (Lipinski definition) is 4. The summed E-state index contributed by atoms with van der Waals surface area (Å²) in [6.07, 6.45) is 0. The molecular formula is C17H10F4N4O. The van der Waals surface area contributed by atoms with E-state index in [9.17, 15) is 22.4 Å². The number of rotatable bonds is 4. The second kappa shape index (κ2) is 7.18. The molecule has 1 aromatic heterocycles. The average molecular weight is 362 g/mol. The molecule has 5 nitrogen and oxygen atoms in total. The van der Waals surface area contributed by atoms with E-state index in [1.807, 2.05) is 0 Å². The van der Waals surface area contributed by atoms with Gasteiger partial charge in [-0.1, -0.05) is 0 Å². The van der Waals surface area contributed by atoms with Crippen molar-refractivity contribution in [3.8, 4) is 0 Å². The second-order valence-corrected chi connectivity index (χ2v) is 5.11. The average Bonchev–Trinajstić information content (AvgIpc) is 2.64. The van der Waals surface area contributed by atoms with Gasteiger partial charge >= 0.3 is 0 Å². The summed E-state index contributed by atoms with van der Waals surface area (Å²) in [5, 5.41) is 12.4. The molecule has 2 aromatic carbocycles. The number of anilines is 3. The van der Waals surface area contributed by atoms with Gasteiger partial charge in [0.05, 0.1) is 5.69 Å². The van der Waals surface area contributed by atoms with Crippen molar-refractivity contribution in [1.82, 2.24) is 10.2 Å². The van der Waals surface area contributed by atoms with Crippen LogP contribution in [0, 0.1) is 23.3 Å². The molecule has 0 spiro atoms. The van der Waals surface area contributed by atoms with Crippen molar-refractivity contribution < 1.29 is 22.4 Å². The Morgan fingerprint density at radius 1 is 0.808 bits per heavy atom. The van der Waals surface area contributed by atoms with E-state index in [0.29, 0.717) is 11.8 Å². The number of hydrogen-bond donors (Lipinski definition) is 2. The smallest absolute Gasteiger partial charge is 0.276 e. The van der Waals surface area contributed by atoms with Crippen LogP contribution in [0.2, 0.25) is 0 Å². The molecule has 0 aliphatic heterocycles. The number of nitrogens with one attached hydrogen (secondary N) is 2. The van der Waals surface area contributed by atoms with Crippen molar-refractivity contribution in [3.63, 3.8) is 0 Å². The van der Waals surface area contributed by atoms with Crippen molar-refractivity contribution in [3.05, 3.63) is 77.5 Å². The highest BCUT2D eigenvalue weighted by Gasteiger charge is 2.16. The standard InChI is InChI=1S/C17H10F4N4O/c18-9-1-3-10(4-2-9)22-14-8-7-13(24-25-14)17(26)23-12-6-5-11(19)15(20)16(12)21/h1-8H,(H,22,25)(H,23,26). The Morgan fingerprint density at radius 3 is 2.19 bits per heavy atom. The van der Waals surface area contributed by atoms with Gasteiger partial charge < -0.3 is 10.6 Å². The number of halogens is 4. The van der Waals surface area contributed by atoms with Crippen molar-refractivity contribution in [1.29, 1.82) is 0 Å². The van der Waals surface area contributed by atoms with Gasteiger partial charge in [0.25, 0.3) is 5.91 Å². The first-order valence-electron chi connectivity index (χ1n) is 7.25. The summed E-state index contributed by atoms with van der Waals surface area (Å²) in [7, 11) is 0. The first-order valence-corrected chi connectivity index (χ1v) is 7.25. The molecule has 0 unspecified atom stereocenters. The summed E-state index contributed by atoms with van der Waals surface area (Å²) in [5.41, 5.74) is -0.134. The maximum atomic E-state index is 13.6. The van der Waals surface area contributed by atoms with Crippen LogP contribution in [0.3, 0.4) is 0 Å². The summed E-state index contributed by atoms with van der Waals surface area (Å²) in [4.78, 5) is 12.0. The number of aromatic nitrogens is 2. The van der Waals surface area contributed by atoms with Gasteiger partial charge in [-0.3, -0.25) is 4.79 Å². The van der Waals surface area contributed by atoms with Crippen LogP contribution in [-0.2, 0) is 0 Å².